The zero-order chi connectivity index (χ0) is 14.4. The number of benzene rings is 1. The molecule has 0 fully saturated rings. The number of hydrogen-bond donors (Lipinski definition) is 3. The smallest absolute Gasteiger partial charge is 0.344 e. The van der Waals surface area contributed by atoms with Crippen molar-refractivity contribution in [3.63, 3.8) is 0 Å². The lowest BCUT2D eigenvalue weighted by Gasteiger charge is -2.18. The van der Waals surface area contributed by atoms with Crippen LogP contribution in [0.3, 0.4) is 0 Å². The van der Waals surface area contributed by atoms with E-state index in [1.54, 1.807) is 18.5 Å². The molecule has 6 nitrogen and oxygen atoms in total. The van der Waals surface area contributed by atoms with Crippen molar-refractivity contribution in [2.24, 2.45) is 16.5 Å². The Balaban J connectivity index is 2.31. The molecule has 0 aliphatic rings. The van der Waals surface area contributed by atoms with Gasteiger partial charge < -0.3 is 16.8 Å². The first kappa shape index (κ1) is 13.5. The number of rotatable bonds is 3. The number of nitrogens with two attached hydrogens (primary N) is 2. The number of carbonyl (C=O) groups is 1. The van der Waals surface area contributed by atoms with Crippen LogP contribution in [-0.2, 0) is 0 Å². The van der Waals surface area contributed by atoms with Gasteiger partial charge in [-0.2, -0.15) is 4.99 Å². The average molecular weight is 269 g/mol. The Morgan fingerprint density at radius 1 is 1.10 bits per heavy atom. The predicted octanol–water partition coefficient (Wildman–Crippen LogP) is 1.15. The number of aliphatic imine (C=N–C) groups is 1. The lowest BCUT2D eigenvalue weighted by molar-refractivity contribution is 0.247. The maximum Gasteiger partial charge on any atom is 0.344 e. The van der Waals surface area contributed by atoms with Gasteiger partial charge in [-0.15, -0.1) is 0 Å². The average Bonchev–Trinajstić information content (AvgIpc) is 2.46. The van der Waals surface area contributed by atoms with Crippen molar-refractivity contribution in [2.75, 3.05) is 0 Å². The second kappa shape index (κ2) is 6.33. The third-order valence-electron chi connectivity index (χ3n) is 2.65. The van der Waals surface area contributed by atoms with E-state index in [2.05, 4.69) is 15.3 Å². The number of guanidine groups is 1. The fourth-order valence-electron chi connectivity index (χ4n) is 1.82. The quantitative estimate of drug-likeness (QED) is 0.574. The SMILES string of the molecule is NC(N)=NC(=O)NC(c1ccccc1)c1cccnc1. The predicted molar refractivity (Wildman–Crippen MR) is 76.9 cm³/mol. The highest BCUT2D eigenvalue weighted by Crippen LogP contribution is 2.21. The van der Waals surface area contributed by atoms with Crippen molar-refractivity contribution >= 4 is 12.0 Å². The van der Waals surface area contributed by atoms with E-state index in [0.29, 0.717) is 0 Å². The van der Waals surface area contributed by atoms with Crippen molar-refractivity contribution in [3.8, 4) is 0 Å². The summed E-state index contributed by atoms with van der Waals surface area (Å²) in [6.45, 7) is 0. The molecule has 102 valence electrons. The van der Waals surface area contributed by atoms with Crippen LogP contribution in [0.25, 0.3) is 0 Å². The fraction of sp³-hybridized carbons (Fsp3) is 0.0714. The third kappa shape index (κ3) is 3.55. The molecular formula is C14H15N5O. The van der Waals surface area contributed by atoms with E-state index >= 15 is 0 Å². The van der Waals surface area contributed by atoms with Crippen LogP contribution in [-0.4, -0.2) is 17.0 Å². The molecule has 1 heterocycles. The Kier molecular flexibility index (Phi) is 4.28. The number of hydrogen-bond acceptors (Lipinski definition) is 2. The molecule has 6 heteroatoms. The van der Waals surface area contributed by atoms with E-state index in [1.165, 1.54) is 0 Å². The molecule has 1 aromatic heterocycles. The standard InChI is InChI=1S/C14H15N5O/c15-13(16)19-14(20)18-12(10-5-2-1-3-6-10)11-7-4-8-17-9-11/h1-9,12H,(H5,15,16,18,19,20). The van der Waals surface area contributed by atoms with E-state index in [1.807, 2.05) is 36.4 Å². The summed E-state index contributed by atoms with van der Waals surface area (Å²) in [5.74, 6) is -0.277. The maximum absolute atomic E-state index is 11.7. The molecule has 2 rings (SSSR count). The van der Waals surface area contributed by atoms with Crippen molar-refractivity contribution in [1.29, 1.82) is 0 Å². The summed E-state index contributed by atoms with van der Waals surface area (Å²) in [6, 6.07) is 12.2. The zero-order valence-corrected chi connectivity index (χ0v) is 10.7. The Morgan fingerprint density at radius 2 is 1.80 bits per heavy atom. The zero-order valence-electron chi connectivity index (χ0n) is 10.7. The van der Waals surface area contributed by atoms with Crippen molar-refractivity contribution < 1.29 is 4.79 Å². The van der Waals surface area contributed by atoms with Crippen LogP contribution in [0.4, 0.5) is 4.79 Å². The van der Waals surface area contributed by atoms with Gasteiger partial charge in [0, 0.05) is 12.4 Å². The summed E-state index contributed by atoms with van der Waals surface area (Å²) >= 11 is 0. The largest absolute Gasteiger partial charge is 0.370 e. The van der Waals surface area contributed by atoms with Gasteiger partial charge in [0.2, 0.25) is 0 Å². The first-order valence-electron chi connectivity index (χ1n) is 6.02. The van der Waals surface area contributed by atoms with E-state index in [4.69, 9.17) is 11.5 Å². The summed E-state index contributed by atoms with van der Waals surface area (Å²) < 4.78 is 0. The van der Waals surface area contributed by atoms with Crippen LogP contribution in [0, 0.1) is 0 Å². The summed E-state index contributed by atoms with van der Waals surface area (Å²) in [6.07, 6.45) is 3.36. The lowest BCUT2D eigenvalue weighted by atomic mass is 10.0. The van der Waals surface area contributed by atoms with Gasteiger partial charge in [-0.3, -0.25) is 4.98 Å². The Hall–Kier alpha value is -2.89. The highest BCUT2D eigenvalue weighted by Gasteiger charge is 2.16. The second-order valence-electron chi connectivity index (χ2n) is 4.12. The molecule has 0 spiro atoms. The molecule has 5 N–H and O–H groups in total. The number of aromatic nitrogens is 1. The maximum atomic E-state index is 11.7. The molecule has 1 atom stereocenters. The third-order valence-corrected chi connectivity index (χ3v) is 2.65. The lowest BCUT2D eigenvalue weighted by Crippen LogP contribution is -2.31. The molecule has 1 unspecified atom stereocenters. The van der Waals surface area contributed by atoms with Gasteiger partial charge in [0.1, 0.15) is 0 Å². The number of nitrogens with zero attached hydrogens (tertiary/aromatic N) is 2. The Bertz CT molecular complexity index is 554. The minimum absolute atomic E-state index is 0.277. The van der Waals surface area contributed by atoms with E-state index in [9.17, 15) is 4.79 Å². The first-order valence-corrected chi connectivity index (χ1v) is 6.02. The van der Waals surface area contributed by atoms with Gasteiger partial charge in [-0.05, 0) is 17.2 Å². The highest BCUT2D eigenvalue weighted by molar-refractivity contribution is 5.90. The van der Waals surface area contributed by atoms with Gasteiger partial charge >= 0.3 is 6.03 Å². The summed E-state index contributed by atoms with van der Waals surface area (Å²) in [5.41, 5.74) is 12.2. The molecule has 0 saturated carbocycles. The van der Waals surface area contributed by atoms with E-state index in [0.717, 1.165) is 11.1 Å². The van der Waals surface area contributed by atoms with E-state index in [-0.39, 0.29) is 12.0 Å². The summed E-state index contributed by atoms with van der Waals surface area (Å²) in [4.78, 5) is 19.3. The minimum Gasteiger partial charge on any atom is -0.370 e. The number of pyridine rings is 1. The van der Waals surface area contributed by atoms with Crippen LogP contribution in [0.5, 0.6) is 0 Å². The van der Waals surface area contributed by atoms with Gasteiger partial charge in [0.25, 0.3) is 0 Å². The number of urea groups is 1. The molecule has 0 radical (unpaired) electrons. The van der Waals surface area contributed by atoms with Crippen molar-refractivity contribution in [2.45, 2.75) is 6.04 Å². The highest BCUT2D eigenvalue weighted by atomic mass is 16.2. The van der Waals surface area contributed by atoms with Crippen LogP contribution < -0.4 is 16.8 Å². The molecule has 1 aromatic carbocycles. The summed E-state index contributed by atoms with van der Waals surface area (Å²) in [7, 11) is 0. The number of nitrogens with one attached hydrogen (secondary N) is 1. The van der Waals surface area contributed by atoms with Gasteiger partial charge in [0.05, 0.1) is 6.04 Å². The van der Waals surface area contributed by atoms with Gasteiger partial charge in [0.15, 0.2) is 5.96 Å². The molecule has 2 amide bonds. The normalized spacial score (nSPS) is 11.4. The van der Waals surface area contributed by atoms with Crippen LogP contribution in [0.2, 0.25) is 0 Å². The fourth-order valence-corrected chi connectivity index (χ4v) is 1.82. The first-order chi connectivity index (χ1) is 9.66. The summed E-state index contributed by atoms with van der Waals surface area (Å²) in [5, 5.41) is 2.75. The molecule has 0 saturated heterocycles. The molecule has 0 aliphatic heterocycles. The monoisotopic (exact) mass is 269 g/mol. The molecule has 0 aliphatic carbocycles. The van der Waals surface area contributed by atoms with Crippen molar-refractivity contribution in [1.82, 2.24) is 10.3 Å². The molecule has 20 heavy (non-hydrogen) atoms. The Morgan fingerprint density at radius 3 is 2.40 bits per heavy atom. The van der Waals surface area contributed by atoms with Gasteiger partial charge in [-0.25, -0.2) is 4.79 Å². The van der Waals surface area contributed by atoms with Gasteiger partial charge in [-0.1, -0.05) is 36.4 Å². The molecule has 0 bridgehead atoms. The second-order valence-corrected chi connectivity index (χ2v) is 4.12. The van der Waals surface area contributed by atoms with E-state index < -0.39 is 6.03 Å². The van der Waals surface area contributed by atoms with Crippen molar-refractivity contribution in [3.05, 3.63) is 66.0 Å². The molecule has 2 aromatic rings. The minimum atomic E-state index is -0.595. The van der Waals surface area contributed by atoms with Crippen LogP contribution in [0.15, 0.2) is 59.9 Å². The van der Waals surface area contributed by atoms with Crippen LogP contribution in [0.1, 0.15) is 17.2 Å². The Labute approximate surface area is 116 Å². The van der Waals surface area contributed by atoms with Crippen LogP contribution >= 0.6 is 0 Å². The number of carbonyl (C=O) groups excluding carboxylic acids is 1. The molecular weight excluding hydrogens is 254 g/mol. The topological polar surface area (TPSA) is 106 Å². The number of amides is 2.